The van der Waals surface area contributed by atoms with E-state index in [9.17, 15) is 0 Å². The molecule has 0 unspecified atom stereocenters. The lowest BCUT2D eigenvalue weighted by Crippen LogP contribution is -2.48. The summed E-state index contributed by atoms with van der Waals surface area (Å²) in [4.78, 5) is 0. The normalized spacial score (nSPS) is 23.0. The second-order valence-corrected chi connectivity index (χ2v) is 6.50. The first-order valence-electron chi connectivity index (χ1n) is 6.34. The van der Waals surface area contributed by atoms with E-state index in [4.69, 9.17) is 0 Å². The van der Waals surface area contributed by atoms with Gasteiger partial charge in [0.15, 0.2) is 0 Å². The number of piperidine rings is 1. The SMILES string of the molecule is CNCCC(C)(C)C1CC[N+](C)(C)CC1. The molecule has 1 saturated heterocycles. The van der Waals surface area contributed by atoms with E-state index in [1.807, 2.05) is 0 Å². The van der Waals surface area contributed by atoms with E-state index in [1.54, 1.807) is 0 Å². The highest BCUT2D eigenvalue weighted by molar-refractivity contribution is 4.80. The summed E-state index contributed by atoms with van der Waals surface area (Å²) in [7, 11) is 6.77. The maximum atomic E-state index is 3.28. The van der Waals surface area contributed by atoms with Crippen molar-refractivity contribution in [2.24, 2.45) is 11.3 Å². The third-order valence-corrected chi connectivity index (χ3v) is 4.29. The Morgan fingerprint density at radius 1 is 1.20 bits per heavy atom. The maximum absolute atomic E-state index is 3.28. The molecule has 1 N–H and O–H groups in total. The highest BCUT2D eigenvalue weighted by Crippen LogP contribution is 2.38. The summed E-state index contributed by atoms with van der Waals surface area (Å²) in [6.45, 7) is 8.75. The molecule has 0 aromatic carbocycles. The van der Waals surface area contributed by atoms with Gasteiger partial charge in [-0.25, -0.2) is 0 Å². The van der Waals surface area contributed by atoms with Crippen molar-refractivity contribution in [3.63, 3.8) is 0 Å². The third kappa shape index (κ3) is 3.76. The summed E-state index contributed by atoms with van der Waals surface area (Å²) >= 11 is 0. The lowest BCUT2D eigenvalue weighted by Gasteiger charge is -2.43. The average Bonchev–Trinajstić information content (AvgIpc) is 2.14. The molecule has 0 bridgehead atoms. The molecule has 0 aromatic rings. The Balaban J connectivity index is 2.44. The summed E-state index contributed by atoms with van der Waals surface area (Å²) in [5, 5.41) is 3.28. The van der Waals surface area contributed by atoms with Gasteiger partial charge in [0, 0.05) is 12.8 Å². The largest absolute Gasteiger partial charge is 0.328 e. The van der Waals surface area contributed by atoms with Crippen molar-refractivity contribution in [2.45, 2.75) is 33.1 Å². The number of hydrogen-bond donors (Lipinski definition) is 1. The minimum Gasteiger partial charge on any atom is -0.328 e. The Hall–Kier alpha value is -0.0800. The van der Waals surface area contributed by atoms with Crippen LogP contribution < -0.4 is 5.32 Å². The van der Waals surface area contributed by atoms with Crippen LogP contribution in [0, 0.1) is 11.3 Å². The number of nitrogens with zero attached hydrogens (tertiary/aromatic N) is 1. The van der Waals surface area contributed by atoms with Gasteiger partial charge < -0.3 is 9.80 Å². The fraction of sp³-hybridized carbons (Fsp3) is 1.00. The van der Waals surface area contributed by atoms with Crippen LogP contribution in [0.2, 0.25) is 0 Å². The second kappa shape index (κ2) is 4.84. The zero-order chi connectivity index (χ0) is 11.5. The topological polar surface area (TPSA) is 12.0 Å². The Morgan fingerprint density at radius 2 is 1.73 bits per heavy atom. The number of hydrogen-bond acceptors (Lipinski definition) is 1. The Labute approximate surface area is 95.6 Å². The van der Waals surface area contributed by atoms with E-state index in [0.717, 1.165) is 12.5 Å². The Bertz CT molecular complexity index is 187. The van der Waals surface area contributed by atoms with Crippen molar-refractivity contribution in [1.82, 2.24) is 5.32 Å². The lowest BCUT2D eigenvalue weighted by molar-refractivity contribution is -0.896. The van der Waals surface area contributed by atoms with Crippen molar-refractivity contribution in [2.75, 3.05) is 40.8 Å². The van der Waals surface area contributed by atoms with E-state index >= 15 is 0 Å². The minimum absolute atomic E-state index is 0.517. The molecule has 1 heterocycles. The quantitative estimate of drug-likeness (QED) is 0.705. The van der Waals surface area contributed by atoms with Gasteiger partial charge >= 0.3 is 0 Å². The molecular formula is C13H29N2+. The highest BCUT2D eigenvalue weighted by atomic mass is 15.3. The summed E-state index contributed by atoms with van der Waals surface area (Å²) < 4.78 is 1.22. The molecule has 0 amide bonds. The molecule has 0 aliphatic carbocycles. The van der Waals surface area contributed by atoms with E-state index in [0.29, 0.717) is 5.41 Å². The molecule has 1 fully saturated rings. The number of likely N-dealkylation sites (tertiary alicyclic amines) is 1. The van der Waals surface area contributed by atoms with Crippen LogP contribution in [0.4, 0.5) is 0 Å². The molecule has 0 aromatic heterocycles. The van der Waals surface area contributed by atoms with Crippen LogP contribution in [0.1, 0.15) is 33.1 Å². The zero-order valence-electron chi connectivity index (χ0n) is 11.3. The first kappa shape index (κ1) is 13.0. The van der Waals surface area contributed by atoms with Gasteiger partial charge in [-0.05, 0) is 31.3 Å². The van der Waals surface area contributed by atoms with E-state index in [-0.39, 0.29) is 0 Å². The maximum Gasteiger partial charge on any atom is 0.0785 e. The predicted molar refractivity (Wildman–Crippen MR) is 66.9 cm³/mol. The van der Waals surface area contributed by atoms with Crippen LogP contribution in [-0.2, 0) is 0 Å². The summed E-state index contributed by atoms with van der Waals surface area (Å²) in [6.07, 6.45) is 4.12. The Morgan fingerprint density at radius 3 is 2.20 bits per heavy atom. The monoisotopic (exact) mass is 213 g/mol. The van der Waals surface area contributed by atoms with Gasteiger partial charge in [0.2, 0.25) is 0 Å². The molecule has 0 atom stereocenters. The molecule has 1 aliphatic rings. The fourth-order valence-electron chi connectivity index (χ4n) is 2.70. The first-order valence-corrected chi connectivity index (χ1v) is 6.34. The molecule has 0 saturated carbocycles. The second-order valence-electron chi connectivity index (χ2n) is 6.50. The molecule has 2 heteroatoms. The van der Waals surface area contributed by atoms with E-state index in [1.165, 1.54) is 36.8 Å². The van der Waals surface area contributed by atoms with Crippen LogP contribution in [0.5, 0.6) is 0 Å². The smallest absolute Gasteiger partial charge is 0.0785 e. The van der Waals surface area contributed by atoms with Crippen LogP contribution in [0.25, 0.3) is 0 Å². The molecule has 2 nitrogen and oxygen atoms in total. The van der Waals surface area contributed by atoms with Crippen molar-refractivity contribution in [3.05, 3.63) is 0 Å². The summed E-state index contributed by atoms with van der Waals surface area (Å²) in [5.74, 6) is 0.928. The van der Waals surface area contributed by atoms with Gasteiger partial charge in [0.25, 0.3) is 0 Å². The van der Waals surface area contributed by atoms with E-state index < -0.39 is 0 Å². The third-order valence-electron chi connectivity index (χ3n) is 4.29. The Kier molecular flexibility index (Phi) is 4.19. The number of quaternary nitrogens is 1. The van der Waals surface area contributed by atoms with Crippen molar-refractivity contribution in [1.29, 1.82) is 0 Å². The van der Waals surface area contributed by atoms with Crippen LogP contribution in [0.3, 0.4) is 0 Å². The molecule has 15 heavy (non-hydrogen) atoms. The van der Waals surface area contributed by atoms with Gasteiger partial charge in [-0.3, -0.25) is 0 Å². The number of nitrogens with one attached hydrogen (secondary N) is 1. The van der Waals surface area contributed by atoms with Gasteiger partial charge in [-0.2, -0.15) is 0 Å². The molecule has 90 valence electrons. The molecular weight excluding hydrogens is 184 g/mol. The van der Waals surface area contributed by atoms with Crippen LogP contribution >= 0.6 is 0 Å². The van der Waals surface area contributed by atoms with Gasteiger partial charge in [0.1, 0.15) is 0 Å². The summed E-state index contributed by atoms with van der Waals surface area (Å²) in [5.41, 5.74) is 0.517. The van der Waals surface area contributed by atoms with Gasteiger partial charge in [-0.15, -0.1) is 0 Å². The first-order chi connectivity index (χ1) is 6.87. The minimum atomic E-state index is 0.517. The molecule has 0 spiro atoms. The zero-order valence-corrected chi connectivity index (χ0v) is 11.3. The van der Waals surface area contributed by atoms with Crippen molar-refractivity contribution < 1.29 is 4.48 Å². The van der Waals surface area contributed by atoms with Crippen LogP contribution in [0.15, 0.2) is 0 Å². The molecule has 1 rings (SSSR count). The standard InChI is InChI=1S/C13H29N2/c1-13(2,8-9-14-3)12-6-10-15(4,5)11-7-12/h12,14H,6-11H2,1-5H3/q+1. The van der Waals surface area contributed by atoms with Gasteiger partial charge in [-0.1, -0.05) is 13.8 Å². The van der Waals surface area contributed by atoms with Crippen LogP contribution in [-0.4, -0.2) is 45.3 Å². The number of rotatable bonds is 4. The van der Waals surface area contributed by atoms with Gasteiger partial charge in [0.05, 0.1) is 27.2 Å². The lowest BCUT2D eigenvalue weighted by atomic mass is 9.71. The van der Waals surface area contributed by atoms with E-state index in [2.05, 4.69) is 40.3 Å². The van der Waals surface area contributed by atoms with Crippen molar-refractivity contribution in [3.8, 4) is 0 Å². The van der Waals surface area contributed by atoms with Crippen molar-refractivity contribution >= 4 is 0 Å². The average molecular weight is 213 g/mol. The molecule has 1 aliphatic heterocycles. The summed E-state index contributed by atoms with van der Waals surface area (Å²) in [6, 6.07) is 0. The fourth-order valence-corrected chi connectivity index (χ4v) is 2.70. The molecule has 0 radical (unpaired) electrons. The highest BCUT2D eigenvalue weighted by Gasteiger charge is 2.35. The predicted octanol–water partition coefficient (Wildman–Crippen LogP) is 2.11.